The van der Waals surface area contributed by atoms with Crippen LogP contribution in [0, 0.1) is 0 Å². The zero-order chi connectivity index (χ0) is 19.7. The number of carbonyl (C=O) groups is 1. The Kier molecular flexibility index (Phi) is 5.44. The van der Waals surface area contributed by atoms with Crippen molar-refractivity contribution in [3.63, 3.8) is 0 Å². The van der Waals surface area contributed by atoms with E-state index in [1.165, 1.54) is 0 Å². The smallest absolute Gasteiger partial charge is 0.466 e. The van der Waals surface area contributed by atoms with Gasteiger partial charge in [-0.1, -0.05) is 30.3 Å². The van der Waals surface area contributed by atoms with Crippen LogP contribution in [0.25, 0.3) is 11.3 Å². The summed E-state index contributed by atoms with van der Waals surface area (Å²) < 4.78 is 17.7. The molecule has 1 fully saturated rings. The van der Waals surface area contributed by atoms with E-state index < -0.39 is 18.3 Å². The molecule has 0 amide bonds. The van der Waals surface area contributed by atoms with Crippen LogP contribution >= 0.6 is 0 Å². The minimum absolute atomic E-state index is 0.157. The number of nitrogens with one attached hydrogen (secondary N) is 1. The third kappa shape index (κ3) is 3.94. The van der Waals surface area contributed by atoms with Gasteiger partial charge in [-0.3, -0.25) is 9.89 Å². The molecule has 1 N–H and O–H groups in total. The van der Waals surface area contributed by atoms with Crippen molar-refractivity contribution in [2.75, 3.05) is 6.61 Å². The topological polar surface area (TPSA) is 73.4 Å². The second-order valence-corrected chi connectivity index (χ2v) is 7.81. The average molecular weight is 370 g/mol. The van der Waals surface area contributed by atoms with Gasteiger partial charge in [-0.15, -0.1) is 0 Å². The molecule has 1 saturated heterocycles. The van der Waals surface area contributed by atoms with E-state index in [1.807, 2.05) is 58.0 Å². The minimum Gasteiger partial charge on any atom is -0.466 e. The Labute approximate surface area is 160 Å². The Morgan fingerprint density at radius 3 is 2.41 bits per heavy atom. The number of nitrogens with zero attached hydrogens (tertiary/aromatic N) is 1. The molecule has 0 aliphatic carbocycles. The van der Waals surface area contributed by atoms with Crippen molar-refractivity contribution in [2.45, 2.75) is 58.1 Å². The van der Waals surface area contributed by atoms with E-state index in [0.717, 1.165) is 16.8 Å². The highest BCUT2D eigenvalue weighted by Gasteiger charge is 2.54. The number of aromatic amines is 1. The number of hydrogen-bond acceptors (Lipinski definition) is 5. The fourth-order valence-corrected chi connectivity index (χ4v) is 3.22. The number of aromatic nitrogens is 2. The number of ether oxygens (including phenoxy) is 1. The van der Waals surface area contributed by atoms with Crippen LogP contribution in [-0.4, -0.2) is 41.1 Å². The summed E-state index contributed by atoms with van der Waals surface area (Å²) in [6, 6.07) is 9.90. The molecule has 1 aliphatic rings. The molecule has 0 spiro atoms. The highest BCUT2D eigenvalue weighted by Crippen LogP contribution is 2.43. The molecule has 2 aromatic rings. The standard InChI is InChI=1S/C20H27BN2O4/c1-6-25-17(24)12-16(21-26-19(2,3)20(4,5)27-21)15-13-22-23-18(15)14-10-8-7-9-11-14/h7-11,13,16H,6,12H2,1-5H3,(H,22,23). The monoisotopic (exact) mass is 370 g/mol. The summed E-state index contributed by atoms with van der Waals surface area (Å²) >= 11 is 0. The average Bonchev–Trinajstić information content (AvgIpc) is 3.16. The summed E-state index contributed by atoms with van der Waals surface area (Å²) in [5, 5.41) is 7.29. The lowest BCUT2D eigenvalue weighted by atomic mass is 9.66. The van der Waals surface area contributed by atoms with Gasteiger partial charge >= 0.3 is 13.1 Å². The van der Waals surface area contributed by atoms with Crippen LogP contribution in [0.4, 0.5) is 0 Å². The first-order valence-corrected chi connectivity index (χ1v) is 9.35. The largest absolute Gasteiger partial charge is 0.466 e. The molecule has 2 heterocycles. The first-order valence-electron chi connectivity index (χ1n) is 9.35. The minimum atomic E-state index is -0.570. The van der Waals surface area contributed by atoms with Crippen molar-refractivity contribution in [3.05, 3.63) is 42.1 Å². The van der Waals surface area contributed by atoms with Gasteiger partial charge in [0.1, 0.15) is 0 Å². The molecule has 7 heteroatoms. The van der Waals surface area contributed by atoms with Crippen LogP contribution in [-0.2, 0) is 18.8 Å². The number of H-pyrrole nitrogens is 1. The summed E-state index contributed by atoms with van der Waals surface area (Å²) in [6.45, 7) is 10.1. The van der Waals surface area contributed by atoms with Crippen molar-refractivity contribution in [2.24, 2.45) is 0 Å². The van der Waals surface area contributed by atoms with Crippen LogP contribution in [0.15, 0.2) is 36.5 Å². The molecule has 0 radical (unpaired) electrons. The van der Waals surface area contributed by atoms with Crippen LogP contribution < -0.4 is 0 Å². The van der Waals surface area contributed by atoms with Crippen molar-refractivity contribution in [1.82, 2.24) is 10.2 Å². The Bertz CT molecular complexity index is 772. The van der Waals surface area contributed by atoms with E-state index in [2.05, 4.69) is 10.2 Å². The molecule has 1 aromatic heterocycles. The van der Waals surface area contributed by atoms with Gasteiger partial charge in [-0.05, 0) is 45.7 Å². The summed E-state index contributed by atoms with van der Waals surface area (Å²) in [5.74, 6) is -0.614. The Morgan fingerprint density at radius 2 is 1.81 bits per heavy atom. The predicted octanol–water partition coefficient (Wildman–Crippen LogP) is 3.74. The van der Waals surface area contributed by atoms with Gasteiger partial charge < -0.3 is 14.0 Å². The lowest BCUT2D eigenvalue weighted by molar-refractivity contribution is -0.143. The number of rotatable bonds is 6. The zero-order valence-corrected chi connectivity index (χ0v) is 16.6. The van der Waals surface area contributed by atoms with E-state index in [9.17, 15) is 4.79 Å². The fourth-order valence-electron chi connectivity index (χ4n) is 3.22. The highest BCUT2D eigenvalue weighted by atomic mass is 16.7. The second-order valence-electron chi connectivity index (χ2n) is 7.81. The first-order chi connectivity index (χ1) is 12.7. The maximum absolute atomic E-state index is 12.3. The van der Waals surface area contributed by atoms with Gasteiger partial charge in [0.15, 0.2) is 0 Å². The second kappa shape index (κ2) is 7.48. The molecule has 0 bridgehead atoms. The molecular weight excluding hydrogens is 343 g/mol. The van der Waals surface area contributed by atoms with Crippen LogP contribution in [0.2, 0.25) is 0 Å². The first kappa shape index (κ1) is 19.6. The van der Waals surface area contributed by atoms with Gasteiger partial charge in [0.05, 0.1) is 36.1 Å². The van der Waals surface area contributed by atoms with Crippen molar-refractivity contribution in [1.29, 1.82) is 0 Å². The summed E-state index contributed by atoms with van der Waals surface area (Å²) in [7, 11) is -0.570. The summed E-state index contributed by atoms with van der Waals surface area (Å²) in [5.41, 5.74) is 1.77. The molecule has 3 rings (SSSR count). The van der Waals surface area contributed by atoms with Crippen LogP contribution in [0.3, 0.4) is 0 Å². The third-order valence-electron chi connectivity index (χ3n) is 5.42. The normalized spacial score (nSPS) is 19.1. The number of esters is 1. The maximum atomic E-state index is 12.3. The molecule has 1 aliphatic heterocycles. The van der Waals surface area contributed by atoms with E-state index in [4.69, 9.17) is 14.0 Å². The highest BCUT2D eigenvalue weighted by molar-refractivity contribution is 6.48. The number of benzene rings is 1. The molecule has 6 nitrogen and oxygen atoms in total. The van der Waals surface area contributed by atoms with E-state index in [0.29, 0.717) is 6.61 Å². The van der Waals surface area contributed by atoms with E-state index >= 15 is 0 Å². The molecule has 144 valence electrons. The van der Waals surface area contributed by atoms with Crippen molar-refractivity contribution < 1.29 is 18.8 Å². The molecular formula is C20H27BN2O4. The van der Waals surface area contributed by atoms with E-state index in [1.54, 1.807) is 13.1 Å². The van der Waals surface area contributed by atoms with Gasteiger partial charge in [-0.25, -0.2) is 0 Å². The molecule has 0 saturated carbocycles. The lowest BCUT2D eigenvalue weighted by Crippen LogP contribution is -2.41. The Morgan fingerprint density at radius 1 is 1.19 bits per heavy atom. The number of carbonyl (C=O) groups excluding carboxylic acids is 1. The van der Waals surface area contributed by atoms with Crippen LogP contribution in [0.1, 0.15) is 52.4 Å². The van der Waals surface area contributed by atoms with Gasteiger partial charge in [0.25, 0.3) is 0 Å². The maximum Gasteiger partial charge on any atom is 0.466 e. The van der Waals surface area contributed by atoms with Crippen molar-refractivity contribution >= 4 is 13.1 Å². The summed E-state index contributed by atoms with van der Waals surface area (Å²) in [4.78, 5) is 12.3. The quantitative estimate of drug-likeness (QED) is 0.619. The summed E-state index contributed by atoms with van der Waals surface area (Å²) in [6.07, 6.45) is 1.90. The Balaban J connectivity index is 1.97. The third-order valence-corrected chi connectivity index (χ3v) is 5.42. The molecule has 27 heavy (non-hydrogen) atoms. The molecule has 1 unspecified atom stereocenters. The lowest BCUT2D eigenvalue weighted by Gasteiger charge is -2.32. The van der Waals surface area contributed by atoms with Gasteiger partial charge in [-0.2, -0.15) is 5.10 Å². The zero-order valence-electron chi connectivity index (χ0n) is 16.6. The number of hydrogen-bond donors (Lipinski definition) is 1. The predicted molar refractivity (Wildman–Crippen MR) is 104 cm³/mol. The SMILES string of the molecule is CCOC(=O)CC(B1OC(C)(C)C(C)(C)O1)c1cn[nH]c1-c1ccccc1. The van der Waals surface area contributed by atoms with Crippen LogP contribution in [0.5, 0.6) is 0 Å². The van der Waals surface area contributed by atoms with Gasteiger partial charge in [0.2, 0.25) is 0 Å². The van der Waals surface area contributed by atoms with E-state index in [-0.39, 0.29) is 18.2 Å². The molecule has 1 atom stereocenters. The fraction of sp³-hybridized carbons (Fsp3) is 0.500. The molecule has 1 aromatic carbocycles. The van der Waals surface area contributed by atoms with Gasteiger partial charge in [0, 0.05) is 5.82 Å². The Hall–Kier alpha value is -2.12. The van der Waals surface area contributed by atoms with Crippen molar-refractivity contribution in [3.8, 4) is 11.3 Å².